The van der Waals surface area contributed by atoms with E-state index in [-0.39, 0.29) is 5.78 Å². The molecule has 5 rings (SSSR count). The first-order valence-corrected chi connectivity index (χ1v) is 13.1. The number of nitrogens with zero attached hydrogens (tertiary/aromatic N) is 2. The van der Waals surface area contributed by atoms with Crippen molar-refractivity contribution in [2.24, 2.45) is 11.8 Å². The highest BCUT2D eigenvalue weighted by Gasteiger charge is 2.26. The number of ether oxygens (including phenoxy) is 1. The van der Waals surface area contributed by atoms with E-state index >= 15 is 0 Å². The predicted molar refractivity (Wildman–Crippen MR) is 144 cm³/mol. The van der Waals surface area contributed by atoms with Crippen LogP contribution in [0.25, 0.3) is 0 Å². The summed E-state index contributed by atoms with van der Waals surface area (Å²) in [6.45, 7) is 6.20. The maximum Gasteiger partial charge on any atom is 0.159 e. The Morgan fingerprint density at radius 3 is 1.89 bits per heavy atom. The van der Waals surface area contributed by atoms with Gasteiger partial charge in [0.1, 0.15) is 11.5 Å². The Balaban J connectivity index is 1.09. The van der Waals surface area contributed by atoms with Crippen LogP contribution in [0.4, 0.5) is 11.4 Å². The van der Waals surface area contributed by atoms with Crippen molar-refractivity contribution in [1.29, 1.82) is 0 Å². The zero-order valence-electron chi connectivity index (χ0n) is 20.7. The van der Waals surface area contributed by atoms with Gasteiger partial charge >= 0.3 is 0 Å². The Labute approximate surface area is 209 Å². The lowest BCUT2D eigenvalue weighted by molar-refractivity contribution is 0.101. The van der Waals surface area contributed by atoms with Crippen molar-refractivity contribution < 1.29 is 9.53 Å². The fourth-order valence-corrected chi connectivity index (χ4v) is 5.60. The van der Waals surface area contributed by atoms with Crippen LogP contribution < -0.4 is 14.5 Å². The number of carbonyl (C=O) groups excluding carboxylic acids is 1. The Hall–Kier alpha value is -3.27. The van der Waals surface area contributed by atoms with Crippen LogP contribution >= 0.6 is 0 Å². The molecule has 2 heterocycles. The molecule has 0 saturated carbocycles. The van der Waals surface area contributed by atoms with Gasteiger partial charge in [0, 0.05) is 49.2 Å². The van der Waals surface area contributed by atoms with Crippen molar-refractivity contribution in [3.63, 3.8) is 0 Å². The maximum atomic E-state index is 11.5. The molecule has 3 aromatic carbocycles. The molecule has 35 heavy (non-hydrogen) atoms. The summed E-state index contributed by atoms with van der Waals surface area (Å²) in [7, 11) is 0. The summed E-state index contributed by atoms with van der Waals surface area (Å²) in [5.41, 5.74) is 3.31. The highest BCUT2D eigenvalue weighted by Crippen LogP contribution is 2.34. The van der Waals surface area contributed by atoms with E-state index < -0.39 is 0 Å². The molecular formula is C31H36N2O2. The number of ketones is 1. The van der Waals surface area contributed by atoms with Gasteiger partial charge in [-0.25, -0.2) is 0 Å². The summed E-state index contributed by atoms with van der Waals surface area (Å²) >= 11 is 0. The fourth-order valence-electron chi connectivity index (χ4n) is 5.60. The fraction of sp³-hybridized carbons (Fsp3) is 0.387. The molecule has 4 heteroatoms. The summed E-state index contributed by atoms with van der Waals surface area (Å²) in [6.07, 6.45) is 6.58. The number of rotatable bonds is 7. The monoisotopic (exact) mass is 468 g/mol. The SMILES string of the molecule is CC(=O)c1ccc(Oc2cccc(N3CCC(CC4CCN(c5ccccc5)CC4)CC3)c2)cc1. The van der Waals surface area contributed by atoms with Crippen LogP contribution in [0.1, 0.15) is 49.4 Å². The number of piperidine rings is 2. The van der Waals surface area contributed by atoms with Crippen molar-refractivity contribution in [3.05, 3.63) is 84.4 Å². The van der Waals surface area contributed by atoms with Crippen molar-refractivity contribution >= 4 is 17.2 Å². The maximum absolute atomic E-state index is 11.5. The van der Waals surface area contributed by atoms with Gasteiger partial charge in [-0.1, -0.05) is 24.3 Å². The number of hydrogen-bond donors (Lipinski definition) is 0. The summed E-state index contributed by atoms with van der Waals surface area (Å²) in [6, 6.07) is 26.6. The molecule has 2 saturated heterocycles. The number of Topliss-reactive ketones (excluding diaryl/α,β-unsaturated/α-hetero) is 1. The standard InChI is InChI=1S/C31H36N2O2/c1-24(34)27-10-12-30(13-11-27)35-31-9-5-8-29(23-31)33-20-16-26(17-21-33)22-25-14-18-32(19-15-25)28-6-3-2-4-7-28/h2-13,23,25-26H,14-22H2,1H3. The highest BCUT2D eigenvalue weighted by molar-refractivity contribution is 5.94. The van der Waals surface area contributed by atoms with Crippen molar-refractivity contribution in [2.45, 2.75) is 39.0 Å². The number of benzene rings is 3. The van der Waals surface area contributed by atoms with E-state index in [1.165, 1.54) is 56.6 Å². The summed E-state index contributed by atoms with van der Waals surface area (Å²) < 4.78 is 6.06. The number of hydrogen-bond acceptors (Lipinski definition) is 4. The second kappa shape index (κ2) is 11.0. The number of para-hydroxylation sites is 1. The average Bonchev–Trinajstić information content (AvgIpc) is 2.91. The lowest BCUT2D eigenvalue weighted by Crippen LogP contribution is -2.37. The third-order valence-electron chi connectivity index (χ3n) is 7.70. The van der Waals surface area contributed by atoms with Crippen LogP contribution in [0.5, 0.6) is 11.5 Å². The van der Waals surface area contributed by atoms with Gasteiger partial charge in [-0.3, -0.25) is 4.79 Å². The van der Waals surface area contributed by atoms with Crippen LogP contribution in [-0.2, 0) is 0 Å². The van der Waals surface area contributed by atoms with E-state index in [9.17, 15) is 4.79 Å². The molecule has 2 aliphatic heterocycles. The van der Waals surface area contributed by atoms with Crippen molar-refractivity contribution in [1.82, 2.24) is 0 Å². The molecule has 2 aliphatic rings. The van der Waals surface area contributed by atoms with Gasteiger partial charge in [-0.15, -0.1) is 0 Å². The lowest BCUT2D eigenvalue weighted by Gasteiger charge is -2.38. The van der Waals surface area contributed by atoms with E-state index in [2.05, 4.69) is 58.3 Å². The largest absolute Gasteiger partial charge is 0.457 e. The van der Waals surface area contributed by atoms with Crippen LogP contribution in [0.15, 0.2) is 78.9 Å². The van der Waals surface area contributed by atoms with Gasteiger partial charge < -0.3 is 14.5 Å². The van der Waals surface area contributed by atoms with Crippen LogP contribution in [-0.4, -0.2) is 32.0 Å². The van der Waals surface area contributed by atoms with E-state index in [4.69, 9.17) is 4.74 Å². The quantitative estimate of drug-likeness (QED) is 0.343. The molecule has 3 aromatic rings. The Morgan fingerprint density at radius 2 is 1.29 bits per heavy atom. The van der Waals surface area contributed by atoms with Crippen molar-refractivity contribution in [2.75, 3.05) is 36.0 Å². The van der Waals surface area contributed by atoms with Gasteiger partial charge in [0.05, 0.1) is 0 Å². The van der Waals surface area contributed by atoms with Gasteiger partial charge in [-0.2, -0.15) is 0 Å². The molecule has 2 fully saturated rings. The third-order valence-corrected chi connectivity index (χ3v) is 7.70. The lowest BCUT2D eigenvalue weighted by atomic mass is 9.82. The second-order valence-corrected chi connectivity index (χ2v) is 10.1. The summed E-state index contributed by atoms with van der Waals surface area (Å²) in [5, 5.41) is 0. The zero-order valence-corrected chi connectivity index (χ0v) is 20.7. The third kappa shape index (κ3) is 6.05. The van der Waals surface area contributed by atoms with Crippen molar-refractivity contribution in [3.8, 4) is 11.5 Å². The highest BCUT2D eigenvalue weighted by atomic mass is 16.5. The molecule has 0 atom stereocenters. The van der Waals surface area contributed by atoms with Gasteiger partial charge in [0.25, 0.3) is 0 Å². The topological polar surface area (TPSA) is 32.8 Å². The molecule has 182 valence electrons. The average molecular weight is 469 g/mol. The number of carbonyl (C=O) groups is 1. The first kappa shape index (κ1) is 23.5. The van der Waals surface area contributed by atoms with Gasteiger partial charge in [-0.05, 0) is 99.4 Å². The Bertz CT molecular complexity index is 1100. The van der Waals surface area contributed by atoms with Crippen LogP contribution in [0.3, 0.4) is 0 Å². The molecule has 4 nitrogen and oxygen atoms in total. The molecule has 0 unspecified atom stereocenters. The summed E-state index contributed by atoms with van der Waals surface area (Å²) in [5.74, 6) is 3.38. The minimum Gasteiger partial charge on any atom is -0.457 e. The molecule has 0 aliphatic carbocycles. The van der Waals surface area contributed by atoms with E-state index in [1.807, 2.05) is 30.3 Å². The zero-order chi connectivity index (χ0) is 24.0. The molecule has 0 aromatic heterocycles. The van der Waals surface area contributed by atoms with E-state index in [1.54, 1.807) is 6.92 Å². The minimum atomic E-state index is 0.0691. The van der Waals surface area contributed by atoms with Gasteiger partial charge in [0.15, 0.2) is 5.78 Å². The van der Waals surface area contributed by atoms with Gasteiger partial charge in [0.2, 0.25) is 0 Å². The summed E-state index contributed by atoms with van der Waals surface area (Å²) in [4.78, 5) is 16.5. The van der Waals surface area contributed by atoms with E-state index in [0.29, 0.717) is 5.56 Å². The van der Waals surface area contributed by atoms with Crippen LogP contribution in [0.2, 0.25) is 0 Å². The molecule has 0 radical (unpaired) electrons. The molecule has 0 bridgehead atoms. The molecule has 0 N–H and O–H groups in total. The molecular weight excluding hydrogens is 432 g/mol. The second-order valence-electron chi connectivity index (χ2n) is 10.1. The Kier molecular flexibility index (Phi) is 7.37. The smallest absolute Gasteiger partial charge is 0.159 e. The normalized spacial score (nSPS) is 17.4. The molecule has 0 spiro atoms. The first-order chi connectivity index (χ1) is 17.1. The van der Waals surface area contributed by atoms with E-state index in [0.717, 1.165) is 36.4 Å². The molecule has 0 amide bonds. The minimum absolute atomic E-state index is 0.0691. The van der Waals surface area contributed by atoms with Crippen LogP contribution in [0, 0.1) is 11.8 Å². The number of anilines is 2. The predicted octanol–water partition coefficient (Wildman–Crippen LogP) is 7.20. The first-order valence-electron chi connectivity index (χ1n) is 13.1. The Morgan fingerprint density at radius 1 is 0.714 bits per heavy atom.